The molecule has 0 bridgehead atoms. The number of thioether (sulfide) groups is 1. The summed E-state index contributed by atoms with van der Waals surface area (Å²) >= 11 is 1.60. The third-order valence-electron chi connectivity index (χ3n) is 4.55. The van der Waals surface area contributed by atoms with Crippen LogP contribution in [0.25, 0.3) is 4.91 Å². The third-order valence-corrected chi connectivity index (χ3v) is 5.63. The third kappa shape index (κ3) is 4.54. The van der Waals surface area contributed by atoms with Crippen molar-refractivity contribution < 1.29 is 18.3 Å². The molecular weight excluding hydrogens is 389 g/mol. The molecule has 0 saturated carbocycles. The monoisotopic (exact) mass is 409 g/mol. The van der Waals surface area contributed by atoms with Gasteiger partial charge in [0.1, 0.15) is 11.6 Å². The fourth-order valence-corrected chi connectivity index (χ4v) is 4.10. The average molecular weight is 409 g/mol. The van der Waals surface area contributed by atoms with E-state index in [9.17, 15) is 9.18 Å². The topological polar surface area (TPSA) is 42.7 Å². The van der Waals surface area contributed by atoms with Gasteiger partial charge in [-0.2, -0.15) is 0 Å². The summed E-state index contributed by atoms with van der Waals surface area (Å²) in [5.74, 6) is 1.07. The van der Waals surface area contributed by atoms with Crippen molar-refractivity contribution >= 4 is 22.6 Å². The molecule has 0 fully saturated rings. The summed E-state index contributed by atoms with van der Waals surface area (Å²) in [6.45, 7) is 0.794. The molecule has 148 valence electrons. The molecule has 1 amide bonds. The van der Waals surface area contributed by atoms with Crippen molar-refractivity contribution in [3.8, 4) is 0 Å². The first-order chi connectivity index (χ1) is 14.2. The van der Waals surface area contributed by atoms with Gasteiger partial charge in [0.05, 0.1) is 24.3 Å². The van der Waals surface area contributed by atoms with Gasteiger partial charge in [0, 0.05) is 17.9 Å². The zero-order chi connectivity index (χ0) is 20.1. The molecule has 2 heterocycles. The first-order valence-electron chi connectivity index (χ1n) is 9.33. The number of furan rings is 1. The maximum atomic E-state index is 14.3. The molecule has 0 spiro atoms. The number of carbonyl (C=O) groups is 1. The average Bonchev–Trinajstić information content (AvgIpc) is 3.28. The second kappa shape index (κ2) is 9.01. The zero-order valence-corrected chi connectivity index (χ0v) is 16.5. The summed E-state index contributed by atoms with van der Waals surface area (Å²) in [6.07, 6.45) is 1.56. The van der Waals surface area contributed by atoms with Crippen LogP contribution in [-0.4, -0.2) is 23.2 Å². The molecule has 1 aliphatic rings. The van der Waals surface area contributed by atoms with Gasteiger partial charge in [-0.15, -0.1) is 11.8 Å². The van der Waals surface area contributed by atoms with Gasteiger partial charge in [0.15, 0.2) is 5.76 Å². The minimum Gasteiger partial charge on any atom is -0.486 e. The lowest BCUT2D eigenvalue weighted by atomic mass is 10.1. The number of amides is 1. The summed E-state index contributed by atoms with van der Waals surface area (Å²) in [5.41, 5.74) is 1.38. The van der Waals surface area contributed by atoms with Gasteiger partial charge in [-0.3, -0.25) is 4.79 Å². The summed E-state index contributed by atoms with van der Waals surface area (Å²) in [6, 6.07) is 19.7. The quantitative estimate of drug-likeness (QED) is 0.569. The normalized spacial score (nSPS) is 13.8. The Labute approximate surface area is 173 Å². The molecule has 0 saturated heterocycles. The van der Waals surface area contributed by atoms with E-state index in [0.29, 0.717) is 23.7 Å². The minimum atomic E-state index is -0.346. The van der Waals surface area contributed by atoms with Crippen LogP contribution >= 0.6 is 11.8 Å². The van der Waals surface area contributed by atoms with E-state index in [1.807, 2.05) is 30.3 Å². The smallest absolute Gasteiger partial charge is 0.290 e. The Bertz CT molecular complexity index is 1000. The number of hydrogen-bond acceptors (Lipinski definition) is 4. The molecule has 6 heteroatoms. The fraction of sp³-hybridized carbons (Fsp3) is 0.174. The molecule has 29 heavy (non-hydrogen) atoms. The lowest BCUT2D eigenvalue weighted by Gasteiger charge is -2.27. The molecule has 1 aromatic heterocycles. The number of nitrogens with zero attached hydrogens (tertiary/aromatic N) is 1. The highest BCUT2D eigenvalue weighted by Crippen LogP contribution is 2.35. The summed E-state index contributed by atoms with van der Waals surface area (Å²) < 4.78 is 25.5. The van der Waals surface area contributed by atoms with Crippen molar-refractivity contribution in [3.05, 3.63) is 101 Å². The summed E-state index contributed by atoms with van der Waals surface area (Å²) in [4.78, 5) is 15.9. The van der Waals surface area contributed by atoms with E-state index in [2.05, 4.69) is 0 Å². The van der Waals surface area contributed by atoms with Crippen LogP contribution in [0.5, 0.6) is 0 Å². The van der Waals surface area contributed by atoms with Gasteiger partial charge in [0.25, 0.3) is 5.91 Å². The largest absolute Gasteiger partial charge is 0.486 e. The number of hydrogen-bond donors (Lipinski definition) is 0. The predicted octanol–water partition coefficient (Wildman–Crippen LogP) is 5.08. The fourth-order valence-electron chi connectivity index (χ4n) is 3.15. The summed E-state index contributed by atoms with van der Waals surface area (Å²) in [7, 11) is 0. The molecule has 0 unspecified atom stereocenters. The van der Waals surface area contributed by atoms with Gasteiger partial charge in [-0.05, 0) is 23.8 Å². The van der Waals surface area contributed by atoms with Crippen LogP contribution in [0.4, 0.5) is 4.39 Å². The Hall–Kier alpha value is -2.99. The molecular formula is C23H20FNO3S. The first-order valence-corrected chi connectivity index (χ1v) is 10.3. The number of halogens is 1. The Balaban J connectivity index is 1.69. The highest BCUT2D eigenvalue weighted by molar-refractivity contribution is 8.08. The van der Waals surface area contributed by atoms with Gasteiger partial charge in [-0.1, -0.05) is 48.5 Å². The van der Waals surface area contributed by atoms with Crippen molar-refractivity contribution in [2.75, 3.05) is 12.4 Å². The van der Waals surface area contributed by atoms with Crippen LogP contribution in [0.1, 0.15) is 16.9 Å². The molecule has 1 aliphatic heterocycles. The van der Waals surface area contributed by atoms with E-state index in [0.717, 1.165) is 16.2 Å². The second-order valence-electron chi connectivity index (χ2n) is 6.55. The number of benzene rings is 2. The number of carbonyl (C=O) groups excluding carboxylic acids is 1. The lowest BCUT2D eigenvalue weighted by Crippen LogP contribution is -2.33. The maximum Gasteiger partial charge on any atom is 0.290 e. The van der Waals surface area contributed by atoms with E-state index < -0.39 is 0 Å². The first kappa shape index (κ1) is 19.3. The van der Waals surface area contributed by atoms with Gasteiger partial charge >= 0.3 is 0 Å². The van der Waals surface area contributed by atoms with Crippen LogP contribution in [-0.2, 0) is 22.6 Å². The molecule has 4 nitrogen and oxygen atoms in total. The number of ether oxygens (including phenoxy) is 1. The van der Waals surface area contributed by atoms with Crippen LogP contribution in [0.15, 0.2) is 83.2 Å². The van der Waals surface area contributed by atoms with E-state index in [1.165, 1.54) is 6.07 Å². The Morgan fingerprint density at radius 2 is 1.79 bits per heavy atom. The van der Waals surface area contributed by atoms with Crippen LogP contribution in [0.2, 0.25) is 0 Å². The molecule has 3 aromatic rings. The molecule has 4 rings (SSSR count). The lowest BCUT2D eigenvalue weighted by molar-refractivity contribution is -0.132. The SMILES string of the molecule is O=C(C1=C(c2ccccc2)SCCO1)N(Cc1ccco1)Cc1ccccc1F. The van der Waals surface area contributed by atoms with E-state index >= 15 is 0 Å². The second-order valence-corrected chi connectivity index (χ2v) is 7.66. The molecule has 0 atom stereocenters. The Morgan fingerprint density at radius 1 is 1.00 bits per heavy atom. The maximum absolute atomic E-state index is 14.3. The van der Waals surface area contributed by atoms with Crippen molar-refractivity contribution in [1.82, 2.24) is 4.90 Å². The standard InChI is InChI=1S/C23H20FNO3S/c24-20-11-5-4-9-18(20)15-25(16-19-10-6-12-27-19)23(26)21-22(29-14-13-28-21)17-7-2-1-3-8-17/h1-12H,13-16H2. The Morgan fingerprint density at radius 3 is 2.55 bits per heavy atom. The molecule has 0 N–H and O–H groups in total. The zero-order valence-electron chi connectivity index (χ0n) is 15.7. The molecule has 2 aromatic carbocycles. The molecule has 0 radical (unpaired) electrons. The van der Waals surface area contributed by atoms with E-state index in [-0.39, 0.29) is 24.8 Å². The van der Waals surface area contributed by atoms with Crippen LogP contribution in [0, 0.1) is 5.82 Å². The van der Waals surface area contributed by atoms with Crippen molar-refractivity contribution in [3.63, 3.8) is 0 Å². The van der Waals surface area contributed by atoms with Crippen LogP contribution < -0.4 is 0 Å². The van der Waals surface area contributed by atoms with Crippen molar-refractivity contribution in [2.45, 2.75) is 13.1 Å². The highest BCUT2D eigenvalue weighted by Gasteiger charge is 2.28. The van der Waals surface area contributed by atoms with E-state index in [1.54, 1.807) is 53.3 Å². The van der Waals surface area contributed by atoms with Crippen molar-refractivity contribution in [1.29, 1.82) is 0 Å². The van der Waals surface area contributed by atoms with Gasteiger partial charge in [0.2, 0.25) is 0 Å². The van der Waals surface area contributed by atoms with Gasteiger partial charge in [-0.25, -0.2) is 4.39 Å². The Kier molecular flexibility index (Phi) is 6.00. The summed E-state index contributed by atoms with van der Waals surface area (Å²) in [5, 5.41) is 0. The van der Waals surface area contributed by atoms with Gasteiger partial charge < -0.3 is 14.1 Å². The van der Waals surface area contributed by atoms with Crippen molar-refractivity contribution in [2.24, 2.45) is 0 Å². The van der Waals surface area contributed by atoms with Crippen LogP contribution in [0.3, 0.4) is 0 Å². The predicted molar refractivity (Wildman–Crippen MR) is 111 cm³/mol. The minimum absolute atomic E-state index is 0.117. The highest BCUT2D eigenvalue weighted by atomic mass is 32.2. The number of rotatable bonds is 6. The van der Waals surface area contributed by atoms with E-state index in [4.69, 9.17) is 9.15 Å². The molecule has 0 aliphatic carbocycles.